The second-order valence-corrected chi connectivity index (χ2v) is 7.86. The Labute approximate surface area is 163 Å². The first-order valence-electron chi connectivity index (χ1n) is 10.2. The third-order valence-corrected chi connectivity index (χ3v) is 5.70. The average molecular weight is 368 g/mol. The van der Waals surface area contributed by atoms with Crippen LogP contribution in [-0.2, 0) is 12.8 Å². The average Bonchev–Trinajstić information content (AvgIpc) is 2.69. The Balaban J connectivity index is 1.62. The summed E-state index contributed by atoms with van der Waals surface area (Å²) in [6, 6.07) is 13.1. The standard InChI is InChI=1S/C24H33NO2/c1-4-5-22(15-25)21-9-8-19-12-18(6-7-20(19)13-21)16-27-24-11-17(2)10-23(14-24)26-3/h8-11,13-14,18,22H,4-7,12,15-16,25H2,1-3H3. The molecular formula is C24H33NO2. The fourth-order valence-electron chi connectivity index (χ4n) is 4.14. The summed E-state index contributed by atoms with van der Waals surface area (Å²) < 4.78 is 11.4. The number of rotatable bonds is 8. The maximum Gasteiger partial charge on any atom is 0.123 e. The smallest absolute Gasteiger partial charge is 0.123 e. The van der Waals surface area contributed by atoms with E-state index in [0.717, 1.165) is 43.1 Å². The fourth-order valence-corrected chi connectivity index (χ4v) is 4.14. The first-order chi connectivity index (χ1) is 13.1. The van der Waals surface area contributed by atoms with Crippen molar-refractivity contribution in [3.8, 4) is 11.5 Å². The van der Waals surface area contributed by atoms with E-state index in [1.807, 2.05) is 12.1 Å². The van der Waals surface area contributed by atoms with Gasteiger partial charge in [-0.3, -0.25) is 0 Å². The molecule has 0 saturated heterocycles. The molecule has 2 aromatic carbocycles. The summed E-state index contributed by atoms with van der Waals surface area (Å²) in [4.78, 5) is 0. The summed E-state index contributed by atoms with van der Waals surface area (Å²) in [5.74, 6) is 2.82. The van der Waals surface area contributed by atoms with Crippen LogP contribution < -0.4 is 15.2 Å². The third-order valence-electron chi connectivity index (χ3n) is 5.70. The Morgan fingerprint density at radius 3 is 2.67 bits per heavy atom. The van der Waals surface area contributed by atoms with Crippen molar-refractivity contribution in [3.63, 3.8) is 0 Å². The number of nitrogens with two attached hydrogens (primary N) is 1. The van der Waals surface area contributed by atoms with Crippen molar-refractivity contribution in [3.05, 3.63) is 58.7 Å². The molecule has 3 heteroatoms. The number of hydrogen-bond acceptors (Lipinski definition) is 3. The van der Waals surface area contributed by atoms with E-state index in [9.17, 15) is 0 Å². The maximum absolute atomic E-state index is 6.10. The largest absolute Gasteiger partial charge is 0.497 e. The minimum Gasteiger partial charge on any atom is -0.497 e. The molecule has 146 valence electrons. The lowest BCUT2D eigenvalue weighted by Gasteiger charge is -2.26. The molecule has 0 radical (unpaired) electrons. The maximum atomic E-state index is 6.10. The number of methoxy groups -OCH3 is 1. The molecule has 0 saturated carbocycles. The quantitative estimate of drug-likeness (QED) is 0.712. The lowest BCUT2D eigenvalue weighted by atomic mass is 9.82. The molecule has 0 fully saturated rings. The van der Waals surface area contributed by atoms with Crippen LogP contribution in [0.3, 0.4) is 0 Å². The van der Waals surface area contributed by atoms with Crippen LogP contribution in [0, 0.1) is 12.8 Å². The second-order valence-electron chi connectivity index (χ2n) is 7.86. The van der Waals surface area contributed by atoms with Gasteiger partial charge in [-0.1, -0.05) is 31.5 Å². The molecule has 0 aromatic heterocycles. The van der Waals surface area contributed by atoms with Crippen molar-refractivity contribution in [1.82, 2.24) is 0 Å². The summed E-state index contributed by atoms with van der Waals surface area (Å²) in [7, 11) is 1.70. The van der Waals surface area contributed by atoms with E-state index in [-0.39, 0.29) is 0 Å². The van der Waals surface area contributed by atoms with Crippen LogP contribution in [0.15, 0.2) is 36.4 Å². The lowest BCUT2D eigenvalue weighted by Crippen LogP contribution is -2.21. The van der Waals surface area contributed by atoms with Gasteiger partial charge in [-0.05, 0) is 85.4 Å². The van der Waals surface area contributed by atoms with Gasteiger partial charge >= 0.3 is 0 Å². The van der Waals surface area contributed by atoms with Gasteiger partial charge in [0.05, 0.1) is 13.7 Å². The molecule has 2 aromatic rings. The van der Waals surface area contributed by atoms with Gasteiger partial charge in [0.25, 0.3) is 0 Å². The Morgan fingerprint density at radius 2 is 1.93 bits per heavy atom. The van der Waals surface area contributed by atoms with E-state index < -0.39 is 0 Å². The summed E-state index contributed by atoms with van der Waals surface area (Å²) in [5.41, 5.74) is 11.6. The van der Waals surface area contributed by atoms with E-state index >= 15 is 0 Å². The number of benzene rings is 2. The molecule has 1 aliphatic rings. The van der Waals surface area contributed by atoms with Crippen molar-refractivity contribution in [1.29, 1.82) is 0 Å². The zero-order valence-corrected chi connectivity index (χ0v) is 17.0. The number of aryl methyl sites for hydroxylation is 2. The zero-order chi connectivity index (χ0) is 19.2. The normalized spacial score (nSPS) is 17.3. The van der Waals surface area contributed by atoms with Gasteiger partial charge in [-0.25, -0.2) is 0 Å². The van der Waals surface area contributed by atoms with Crippen molar-refractivity contribution in [2.45, 2.75) is 51.9 Å². The van der Waals surface area contributed by atoms with Crippen LogP contribution in [0.4, 0.5) is 0 Å². The van der Waals surface area contributed by atoms with Crippen LogP contribution in [0.2, 0.25) is 0 Å². The Kier molecular flexibility index (Phi) is 6.78. The predicted molar refractivity (Wildman–Crippen MR) is 112 cm³/mol. The number of fused-ring (bicyclic) bond motifs is 1. The zero-order valence-electron chi connectivity index (χ0n) is 17.0. The fraction of sp³-hybridized carbons (Fsp3) is 0.500. The Hall–Kier alpha value is -2.00. The molecule has 3 nitrogen and oxygen atoms in total. The highest BCUT2D eigenvalue weighted by Crippen LogP contribution is 2.31. The van der Waals surface area contributed by atoms with Crippen LogP contribution in [0.1, 0.15) is 54.4 Å². The minimum atomic E-state index is 0.498. The molecule has 0 amide bonds. The lowest BCUT2D eigenvalue weighted by molar-refractivity contribution is 0.233. The summed E-state index contributed by atoms with van der Waals surface area (Å²) in [6.45, 7) is 5.80. The van der Waals surface area contributed by atoms with E-state index in [0.29, 0.717) is 11.8 Å². The van der Waals surface area contributed by atoms with E-state index in [4.69, 9.17) is 15.2 Å². The molecular weight excluding hydrogens is 334 g/mol. The van der Waals surface area contributed by atoms with Crippen LogP contribution >= 0.6 is 0 Å². The van der Waals surface area contributed by atoms with Gasteiger partial charge < -0.3 is 15.2 Å². The summed E-state index contributed by atoms with van der Waals surface area (Å²) in [5, 5.41) is 0. The first kappa shape index (κ1) is 19.8. The van der Waals surface area contributed by atoms with E-state index in [1.54, 1.807) is 7.11 Å². The number of hydrogen-bond donors (Lipinski definition) is 1. The van der Waals surface area contributed by atoms with Crippen LogP contribution in [0.5, 0.6) is 11.5 Å². The molecule has 2 N–H and O–H groups in total. The highest BCUT2D eigenvalue weighted by atomic mass is 16.5. The molecule has 0 spiro atoms. The highest BCUT2D eigenvalue weighted by Gasteiger charge is 2.21. The van der Waals surface area contributed by atoms with Gasteiger partial charge in [0.1, 0.15) is 11.5 Å². The van der Waals surface area contributed by atoms with Gasteiger partial charge in [0.15, 0.2) is 0 Å². The van der Waals surface area contributed by atoms with Gasteiger partial charge in [0, 0.05) is 6.07 Å². The van der Waals surface area contributed by atoms with E-state index in [1.165, 1.54) is 36.0 Å². The molecule has 1 aliphatic carbocycles. The molecule has 0 heterocycles. The molecule has 3 rings (SSSR count). The SMILES string of the molecule is CCCC(CN)c1ccc2c(c1)CCC(COc1cc(C)cc(OC)c1)C2. The van der Waals surface area contributed by atoms with Crippen molar-refractivity contribution < 1.29 is 9.47 Å². The topological polar surface area (TPSA) is 44.5 Å². The monoisotopic (exact) mass is 367 g/mol. The number of ether oxygens (including phenoxy) is 2. The van der Waals surface area contributed by atoms with Crippen molar-refractivity contribution in [2.24, 2.45) is 11.7 Å². The minimum absolute atomic E-state index is 0.498. The van der Waals surface area contributed by atoms with E-state index in [2.05, 4.69) is 38.1 Å². The molecule has 0 aliphatic heterocycles. The first-order valence-corrected chi connectivity index (χ1v) is 10.2. The van der Waals surface area contributed by atoms with Gasteiger partial charge in [-0.15, -0.1) is 0 Å². The van der Waals surface area contributed by atoms with Crippen molar-refractivity contribution >= 4 is 0 Å². The van der Waals surface area contributed by atoms with Gasteiger partial charge in [0.2, 0.25) is 0 Å². The third kappa shape index (κ3) is 5.04. The Bertz CT molecular complexity index is 756. The molecule has 0 bridgehead atoms. The summed E-state index contributed by atoms with van der Waals surface area (Å²) in [6.07, 6.45) is 5.77. The Morgan fingerprint density at radius 1 is 1.11 bits per heavy atom. The predicted octanol–water partition coefficient (Wildman–Crippen LogP) is 5.03. The summed E-state index contributed by atoms with van der Waals surface area (Å²) >= 11 is 0. The molecule has 2 unspecified atom stereocenters. The van der Waals surface area contributed by atoms with Crippen LogP contribution in [-0.4, -0.2) is 20.3 Å². The molecule has 2 atom stereocenters. The van der Waals surface area contributed by atoms with Gasteiger partial charge in [-0.2, -0.15) is 0 Å². The molecule has 27 heavy (non-hydrogen) atoms. The highest BCUT2D eigenvalue weighted by molar-refractivity contribution is 5.38. The second kappa shape index (κ2) is 9.27. The van der Waals surface area contributed by atoms with Crippen molar-refractivity contribution in [2.75, 3.05) is 20.3 Å². The van der Waals surface area contributed by atoms with Crippen LogP contribution in [0.25, 0.3) is 0 Å².